The van der Waals surface area contributed by atoms with E-state index in [1.54, 1.807) is 0 Å². The molecule has 0 aliphatic heterocycles. The Balaban J connectivity index is 0.000000487. The molecule has 1 saturated carbocycles. The van der Waals surface area contributed by atoms with Gasteiger partial charge in [0.2, 0.25) is 0 Å². The van der Waals surface area contributed by atoms with Gasteiger partial charge in [0.1, 0.15) is 5.60 Å². The zero-order valence-electron chi connectivity index (χ0n) is 10.6. The summed E-state index contributed by atoms with van der Waals surface area (Å²) in [7, 11) is 0. The van der Waals surface area contributed by atoms with Crippen LogP contribution in [0.1, 0.15) is 47.0 Å². The molecular weight excluding hydrogens is 204 g/mol. The Kier molecular flexibility index (Phi) is 5.02. The highest BCUT2D eigenvalue weighted by Gasteiger charge is 2.48. The van der Waals surface area contributed by atoms with Crippen molar-refractivity contribution in [3.8, 4) is 12.3 Å². The van der Waals surface area contributed by atoms with E-state index in [2.05, 4.69) is 19.8 Å². The van der Waals surface area contributed by atoms with E-state index in [0.717, 1.165) is 19.8 Å². The molecule has 2 unspecified atom stereocenters. The van der Waals surface area contributed by atoms with Gasteiger partial charge in [0.05, 0.1) is 0 Å². The normalized spacial score (nSPS) is 31.9. The predicted molar refractivity (Wildman–Crippen MR) is 63.9 cm³/mol. The maximum atomic E-state index is 10.2. The average Bonchev–Trinajstić information content (AvgIpc) is 2.13. The first kappa shape index (κ1) is 15.0. The lowest BCUT2D eigenvalue weighted by atomic mass is 9.61. The largest absolute Gasteiger partial charge is 0.481 e. The highest BCUT2D eigenvalue weighted by molar-refractivity contribution is 5.62. The van der Waals surface area contributed by atoms with E-state index in [4.69, 9.17) is 16.3 Å². The minimum Gasteiger partial charge on any atom is -0.481 e. The molecule has 1 aliphatic carbocycles. The van der Waals surface area contributed by atoms with Gasteiger partial charge in [-0.3, -0.25) is 4.79 Å². The lowest BCUT2D eigenvalue weighted by Gasteiger charge is -2.47. The molecule has 3 nitrogen and oxygen atoms in total. The van der Waals surface area contributed by atoms with E-state index in [-0.39, 0.29) is 11.3 Å². The van der Waals surface area contributed by atoms with Crippen LogP contribution in [0.5, 0.6) is 0 Å². The van der Waals surface area contributed by atoms with Crippen molar-refractivity contribution in [1.82, 2.24) is 0 Å². The van der Waals surface area contributed by atoms with Crippen molar-refractivity contribution in [2.45, 2.75) is 52.6 Å². The van der Waals surface area contributed by atoms with E-state index in [9.17, 15) is 5.11 Å². The van der Waals surface area contributed by atoms with E-state index >= 15 is 0 Å². The maximum absolute atomic E-state index is 10.2. The van der Waals surface area contributed by atoms with Crippen LogP contribution in [0.25, 0.3) is 0 Å². The number of carboxylic acids is 1. The number of aliphatic carboxylic acids is 1. The van der Waals surface area contributed by atoms with Crippen molar-refractivity contribution in [2.24, 2.45) is 11.3 Å². The molecule has 0 saturated heterocycles. The number of aliphatic hydroxyl groups is 1. The average molecular weight is 226 g/mol. The first-order valence-electron chi connectivity index (χ1n) is 5.57. The van der Waals surface area contributed by atoms with Gasteiger partial charge in [-0.1, -0.05) is 33.1 Å². The highest BCUT2D eigenvalue weighted by atomic mass is 16.4. The van der Waals surface area contributed by atoms with Gasteiger partial charge in [-0.15, -0.1) is 6.42 Å². The van der Waals surface area contributed by atoms with E-state index in [0.29, 0.717) is 0 Å². The Morgan fingerprint density at radius 2 is 1.94 bits per heavy atom. The van der Waals surface area contributed by atoms with Crippen LogP contribution in [-0.4, -0.2) is 21.8 Å². The predicted octanol–water partition coefficient (Wildman–Crippen LogP) is 2.29. The molecule has 0 aromatic carbocycles. The Morgan fingerprint density at radius 3 is 2.19 bits per heavy atom. The van der Waals surface area contributed by atoms with Crippen molar-refractivity contribution in [1.29, 1.82) is 0 Å². The Bertz CT molecular complexity index is 284. The second kappa shape index (κ2) is 5.36. The Labute approximate surface area is 97.9 Å². The van der Waals surface area contributed by atoms with Gasteiger partial charge >= 0.3 is 0 Å². The van der Waals surface area contributed by atoms with Gasteiger partial charge in [0.25, 0.3) is 5.97 Å². The molecule has 2 atom stereocenters. The van der Waals surface area contributed by atoms with Crippen LogP contribution in [0.2, 0.25) is 0 Å². The third-order valence-corrected chi connectivity index (χ3v) is 3.40. The van der Waals surface area contributed by atoms with Gasteiger partial charge < -0.3 is 10.2 Å². The third kappa shape index (κ3) is 3.24. The summed E-state index contributed by atoms with van der Waals surface area (Å²) in [5, 5.41) is 17.7. The standard InChI is InChI=1S/C11H18O.C2H4O2/c1-5-11(12)9(2)7-6-8-10(11,3)4;1-2(3)4/h1,9,12H,6-8H2,2-4H3;1H3,(H,3,4). The van der Waals surface area contributed by atoms with Crippen LogP contribution >= 0.6 is 0 Å². The van der Waals surface area contributed by atoms with Gasteiger partial charge in [0, 0.05) is 12.3 Å². The Morgan fingerprint density at radius 1 is 1.50 bits per heavy atom. The van der Waals surface area contributed by atoms with Crippen molar-refractivity contribution < 1.29 is 15.0 Å². The summed E-state index contributed by atoms with van der Waals surface area (Å²) < 4.78 is 0. The third-order valence-electron chi connectivity index (χ3n) is 3.40. The molecule has 0 aromatic heterocycles. The Hall–Kier alpha value is -1.01. The van der Waals surface area contributed by atoms with Crippen molar-refractivity contribution in [3.63, 3.8) is 0 Å². The molecule has 0 aromatic rings. The summed E-state index contributed by atoms with van der Waals surface area (Å²) in [5.74, 6) is 1.97. The topological polar surface area (TPSA) is 57.5 Å². The summed E-state index contributed by atoms with van der Waals surface area (Å²) in [6.45, 7) is 7.24. The number of carbonyl (C=O) groups is 1. The van der Waals surface area contributed by atoms with Gasteiger partial charge in [-0.25, -0.2) is 0 Å². The molecule has 2 N–H and O–H groups in total. The summed E-state index contributed by atoms with van der Waals surface area (Å²) in [5.41, 5.74) is -1.02. The van der Waals surface area contributed by atoms with Crippen LogP contribution in [0.15, 0.2) is 0 Å². The first-order chi connectivity index (χ1) is 7.17. The van der Waals surface area contributed by atoms with E-state index in [1.165, 1.54) is 6.42 Å². The molecule has 16 heavy (non-hydrogen) atoms. The highest BCUT2D eigenvalue weighted by Crippen LogP contribution is 2.46. The monoisotopic (exact) mass is 226 g/mol. The fourth-order valence-corrected chi connectivity index (χ4v) is 2.25. The smallest absolute Gasteiger partial charge is 0.300 e. The lowest BCUT2D eigenvalue weighted by molar-refractivity contribution is -0.134. The van der Waals surface area contributed by atoms with Crippen LogP contribution in [-0.2, 0) is 4.79 Å². The second-order valence-electron chi connectivity index (χ2n) is 5.11. The van der Waals surface area contributed by atoms with Crippen molar-refractivity contribution in [3.05, 3.63) is 0 Å². The molecular formula is C13H22O3. The molecule has 1 rings (SSSR count). The number of hydrogen-bond donors (Lipinski definition) is 2. The number of hydrogen-bond acceptors (Lipinski definition) is 2. The number of terminal acetylenes is 1. The summed E-state index contributed by atoms with van der Waals surface area (Å²) in [6, 6.07) is 0. The summed E-state index contributed by atoms with van der Waals surface area (Å²) in [6.07, 6.45) is 8.65. The van der Waals surface area contributed by atoms with E-state index in [1.807, 2.05) is 6.92 Å². The molecule has 3 heteroatoms. The molecule has 0 bridgehead atoms. The van der Waals surface area contributed by atoms with E-state index < -0.39 is 11.6 Å². The van der Waals surface area contributed by atoms with Crippen LogP contribution < -0.4 is 0 Å². The molecule has 1 fully saturated rings. The quantitative estimate of drug-likeness (QED) is 0.623. The second-order valence-corrected chi connectivity index (χ2v) is 5.11. The lowest BCUT2D eigenvalue weighted by Crippen LogP contribution is -2.51. The van der Waals surface area contributed by atoms with Gasteiger partial charge in [-0.2, -0.15) is 0 Å². The fraction of sp³-hybridized carbons (Fsp3) is 0.769. The fourth-order valence-electron chi connectivity index (χ4n) is 2.25. The number of carboxylic acid groups (broad SMARTS) is 1. The molecule has 0 radical (unpaired) electrons. The van der Waals surface area contributed by atoms with Crippen LogP contribution in [0, 0.1) is 23.7 Å². The molecule has 1 aliphatic rings. The van der Waals surface area contributed by atoms with Crippen molar-refractivity contribution in [2.75, 3.05) is 0 Å². The minimum atomic E-state index is -0.898. The van der Waals surface area contributed by atoms with Gasteiger partial charge in [-0.05, 0) is 18.8 Å². The van der Waals surface area contributed by atoms with Crippen LogP contribution in [0.4, 0.5) is 0 Å². The molecule has 92 valence electrons. The van der Waals surface area contributed by atoms with Crippen LogP contribution in [0.3, 0.4) is 0 Å². The first-order valence-corrected chi connectivity index (χ1v) is 5.57. The maximum Gasteiger partial charge on any atom is 0.300 e. The summed E-state index contributed by atoms with van der Waals surface area (Å²) >= 11 is 0. The zero-order valence-corrected chi connectivity index (χ0v) is 10.6. The minimum absolute atomic E-state index is 0.126. The molecule has 0 heterocycles. The van der Waals surface area contributed by atoms with Crippen molar-refractivity contribution >= 4 is 5.97 Å². The SMILES string of the molecule is C#CC1(O)C(C)CCCC1(C)C.CC(=O)O. The molecule has 0 amide bonds. The zero-order chi connectivity index (χ0) is 13.0. The van der Waals surface area contributed by atoms with Gasteiger partial charge in [0.15, 0.2) is 0 Å². The molecule has 0 spiro atoms. The number of rotatable bonds is 0. The summed E-state index contributed by atoms with van der Waals surface area (Å²) in [4.78, 5) is 9.00.